The van der Waals surface area contributed by atoms with Crippen LogP contribution in [-0.2, 0) is 0 Å². The highest BCUT2D eigenvalue weighted by Gasteiger charge is 2.44. The second-order valence-electron chi connectivity index (χ2n) is 6.45. The zero-order valence-corrected chi connectivity index (χ0v) is 14.7. The number of hydrogen-bond acceptors (Lipinski definition) is 6. The molecule has 1 aliphatic heterocycles. The fourth-order valence-electron chi connectivity index (χ4n) is 3.38. The number of carbonyl (C=O) groups excluding carboxylic acids is 1. The topological polar surface area (TPSA) is 73.6 Å². The maximum absolute atomic E-state index is 12.5. The summed E-state index contributed by atoms with van der Waals surface area (Å²) >= 11 is 1.37. The van der Waals surface area contributed by atoms with E-state index in [1.165, 1.54) is 11.3 Å². The van der Waals surface area contributed by atoms with E-state index in [2.05, 4.69) is 10.3 Å². The minimum atomic E-state index is -0.502. The molecule has 132 valence electrons. The van der Waals surface area contributed by atoms with E-state index < -0.39 is 5.79 Å². The van der Waals surface area contributed by atoms with Crippen LogP contribution < -0.4 is 14.8 Å². The van der Waals surface area contributed by atoms with Crippen molar-refractivity contribution < 1.29 is 18.7 Å². The molecule has 1 amide bonds. The Kier molecular flexibility index (Phi) is 3.49. The van der Waals surface area contributed by atoms with Crippen molar-refractivity contribution in [3.8, 4) is 22.3 Å². The van der Waals surface area contributed by atoms with Gasteiger partial charge >= 0.3 is 0 Å². The summed E-state index contributed by atoms with van der Waals surface area (Å²) in [4.78, 5) is 16.8. The van der Waals surface area contributed by atoms with Gasteiger partial charge in [-0.25, -0.2) is 4.98 Å². The summed E-state index contributed by atoms with van der Waals surface area (Å²) in [6, 6.07) is 9.07. The molecule has 0 radical (unpaired) electrons. The van der Waals surface area contributed by atoms with Crippen molar-refractivity contribution in [2.24, 2.45) is 0 Å². The van der Waals surface area contributed by atoms with Crippen LogP contribution in [-0.4, -0.2) is 16.7 Å². The second-order valence-corrected chi connectivity index (χ2v) is 7.31. The molecule has 0 unspecified atom stereocenters. The number of nitrogens with zero attached hydrogens (tertiary/aromatic N) is 1. The first-order valence-electron chi connectivity index (χ1n) is 8.54. The van der Waals surface area contributed by atoms with Crippen molar-refractivity contribution in [1.82, 2.24) is 4.98 Å². The summed E-state index contributed by atoms with van der Waals surface area (Å²) in [7, 11) is 0. The number of thiazole rings is 1. The molecule has 0 saturated heterocycles. The van der Waals surface area contributed by atoms with Gasteiger partial charge in [-0.15, -0.1) is 11.3 Å². The Balaban J connectivity index is 1.32. The minimum Gasteiger partial charge on any atom is -0.462 e. The number of aromatic nitrogens is 1. The van der Waals surface area contributed by atoms with Crippen molar-refractivity contribution in [3.05, 3.63) is 47.7 Å². The first-order valence-corrected chi connectivity index (χ1v) is 9.42. The average molecular weight is 368 g/mol. The van der Waals surface area contributed by atoms with E-state index in [-0.39, 0.29) is 5.91 Å². The molecule has 1 aliphatic carbocycles. The molecule has 26 heavy (non-hydrogen) atoms. The van der Waals surface area contributed by atoms with Crippen LogP contribution in [0.3, 0.4) is 0 Å². The highest BCUT2D eigenvalue weighted by atomic mass is 32.1. The lowest BCUT2D eigenvalue weighted by atomic mass is 10.2. The van der Waals surface area contributed by atoms with E-state index in [1.54, 1.807) is 23.8 Å². The molecule has 1 spiro atoms. The third-order valence-corrected chi connectivity index (χ3v) is 5.48. The molecule has 1 fully saturated rings. The SMILES string of the molecule is O=C(Nc1ccc2c(c1)OC1(CCCC1)O2)c1csc(-c2ccco2)n1. The first kappa shape index (κ1) is 15.5. The van der Waals surface area contributed by atoms with Gasteiger partial charge in [0, 0.05) is 30.0 Å². The number of amides is 1. The van der Waals surface area contributed by atoms with Gasteiger partial charge in [0.1, 0.15) is 5.69 Å². The van der Waals surface area contributed by atoms with E-state index in [4.69, 9.17) is 13.9 Å². The quantitative estimate of drug-likeness (QED) is 0.725. The number of nitrogens with one attached hydrogen (secondary N) is 1. The molecule has 0 bridgehead atoms. The first-order chi connectivity index (χ1) is 12.7. The maximum Gasteiger partial charge on any atom is 0.275 e. The van der Waals surface area contributed by atoms with Gasteiger partial charge in [0.25, 0.3) is 11.7 Å². The van der Waals surface area contributed by atoms with E-state index in [0.717, 1.165) is 31.4 Å². The summed E-state index contributed by atoms with van der Waals surface area (Å²) < 4.78 is 17.3. The van der Waals surface area contributed by atoms with Crippen molar-refractivity contribution in [3.63, 3.8) is 0 Å². The van der Waals surface area contributed by atoms with Crippen LogP contribution in [0.1, 0.15) is 36.2 Å². The third kappa shape index (κ3) is 2.64. The molecule has 3 aromatic rings. The number of furan rings is 1. The Morgan fingerprint density at radius 2 is 2.00 bits per heavy atom. The number of anilines is 1. The molecule has 6 nitrogen and oxygen atoms in total. The number of ether oxygens (including phenoxy) is 2. The Bertz CT molecular complexity index is 958. The Morgan fingerprint density at radius 1 is 1.15 bits per heavy atom. The average Bonchev–Trinajstić information content (AvgIpc) is 3.42. The third-order valence-electron chi connectivity index (χ3n) is 4.63. The predicted octanol–water partition coefficient (Wildman–Crippen LogP) is 4.70. The minimum absolute atomic E-state index is 0.270. The van der Waals surface area contributed by atoms with Gasteiger partial charge < -0.3 is 19.2 Å². The number of rotatable bonds is 3. The Hall–Kier alpha value is -2.80. The van der Waals surface area contributed by atoms with E-state index in [0.29, 0.717) is 27.9 Å². The van der Waals surface area contributed by atoms with Gasteiger partial charge in [-0.3, -0.25) is 4.79 Å². The standard InChI is InChI=1S/C19H16N2O4S/c22-17(13-11-26-18(21-13)15-4-3-9-23-15)20-12-5-6-14-16(10-12)25-19(24-14)7-1-2-8-19/h3-6,9-11H,1-2,7-8H2,(H,20,22). The van der Waals surface area contributed by atoms with Crippen LogP contribution in [0.2, 0.25) is 0 Å². The fourth-order valence-corrected chi connectivity index (χ4v) is 4.14. The molecule has 3 heterocycles. The van der Waals surface area contributed by atoms with Crippen LogP contribution in [0.15, 0.2) is 46.4 Å². The predicted molar refractivity (Wildman–Crippen MR) is 96.7 cm³/mol. The second kappa shape index (κ2) is 5.88. The summed E-state index contributed by atoms with van der Waals surface area (Å²) in [5.41, 5.74) is 1.01. The van der Waals surface area contributed by atoms with Crippen molar-refractivity contribution in [2.45, 2.75) is 31.5 Å². The van der Waals surface area contributed by atoms with E-state index >= 15 is 0 Å². The number of fused-ring (bicyclic) bond motifs is 1. The zero-order chi connectivity index (χ0) is 17.6. The maximum atomic E-state index is 12.5. The molecule has 2 aromatic heterocycles. The smallest absolute Gasteiger partial charge is 0.275 e. The molecule has 1 aromatic carbocycles. The van der Waals surface area contributed by atoms with Gasteiger partial charge in [0.2, 0.25) is 0 Å². The van der Waals surface area contributed by atoms with Crippen LogP contribution >= 0.6 is 11.3 Å². The van der Waals surface area contributed by atoms with Crippen LogP contribution in [0.4, 0.5) is 5.69 Å². The highest BCUT2D eigenvalue weighted by molar-refractivity contribution is 7.13. The van der Waals surface area contributed by atoms with Gasteiger partial charge in [-0.2, -0.15) is 0 Å². The van der Waals surface area contributed by atoms with Crippen LogP contribution in [0.5, 0.6) is 11.5 Å². The summed E-state index contributed by atoms with van der Waals surface area (Å²) in [6.45, 7) is 0. The lowest BCUT2D eigenvalue weighted by Crippen LogP contribution is -2.34. The van der Waals surface area contributed by atoms with Gasteiger partial charge in [0.15, 0.2) is 22.3 Å². The number of benzene rings is 1. The van der Waals surface area contributed by atoms with Crippen molar-refractivity contribution >= 4 is 22.9 Å². The van der Waals surface area contributed by atoms with Gasteiger partial charge in [-0.1, -0.05) is 0 Å². The van der Waals surface area contributed by atoms with Gasteiger partial charge in [-0.05, 0) is 37.1 Å². The largest absolute Gasteiger partial charge is 0.462 e. The monoisotopic (exact) mass is 368 g/mol. The van der Waals surface area contributed by atoms with Crippen molar-refractivity contribution in [1.29, 1.82) is 0 Å². The molecule has 7 heteroatoms. The van der Waals surface area contributed by atoms with E-state index in [9.17, 15) is 4.79 Å². The van der Waals surface area contributed by atoms with Crippen LogP contribution in [0.25, 0.3) is 10.8 Å². The number of hydrogen-bond donors (Lipinski definition) is 1. The molecule has 5 rings (SSSR count). The molecule has 1 saturated carbocycles. The highest BCUT2D eigenvalue weighted by Crippen LogP contribution is 2.47. The van der Waals surface area contributed by atoms with Gasteiger partial charge in [0.05, 0.1) is 6.26 Å². The summed E-state index contributed by atoms with van der Waals surface area (Å²) in [5, 5.41) is 5.26. The molecule has 2 aliphatic rings. The Morgan fingerprint density at radius 3 is 2.81 bits per heavy atom. The molecular weight excluding hydrogens is 352 g/mol. The summed E-state index contributed by atoms with van der Waals surface area (Å²) in [6.07, 6.45) is 5.61. The van der Waals surface area contributed by atoms with Crippen molar-refractivity contribution in [2.75, 3.05) is 5.32 Å². The normalized spacial score (nSPS) is 16.9. The number of carbonyl (C=O) groups is 1. The summed E-state index contributed by atoms with van der Waals surface area (Å²) in [5.74, 6) is 1.29. The molecule has 0 atom stereocenters. The fraction of sp³-hybridized carbons (Fsp3) is 0.263. The zero-order valence-electron chi connectivity index (χ0n) is 13.9. The molecule has 1 N–H and O–H groups in total. The lowest BCUT2D eigenvalue weighted by molar-refractivity contribution is -0.0716. The molecular formula is C19H16N2O4S. The van der Waals surface area contributed by atoms with E-state index in [1.807, 2.05) is 18.2 Å². The Labute approximate surface area is 153 Å². The van der Waals surface area contributed by atoms with Crippen LogP contribution in [0, 0.1) is 0 Å². The lowest BCUT2D eigenvalue weighted by Gasteiger charge is -2.21.